The van der Waals surface area contributed by atoms with Crippen LogP contribution in [0.3, 0.4) is 0 Å². The summed E-state index contributed by atoms with van der Waals surface area (Å²) in [4.78, 5) is 4.61. The van der Waals surface area contributed by atoms with E-state index in [0.717, 1.165) is 47.5 Å². The third-order valence-corrected chi connectivity index (χ3v) is 3.72. The summed E-state index contributed by atoms with van der Waals surface area (Å²) >= 11 is 0. The highest BCUT2D eigenvalue weighted by atomic mass is 16.3. The lowest BCUT2D eigenvalue weighted by atomic mass is 10.1. The number of hydrogen-bond acceptors (Lipinski definition) is 4. The summed E-state index contributed by atoms with van der Waals surface area (Å²) in [6.45, 7) is 1.68. The van der Waals surface area contributed by atoms with E-state index in [9.17, 15) is 5.11 Å². The minimum absolute atomic E-state index is 0.0115. The predicted molar refractivity (Wildman–Crippen MR) is 95.7 cm³/mol. The highest BCUT2D eigenvalue weighted by molar-refractivity contribution is 5.81. The number of pyridine rings is 1. The molecule has 2 aromatic carbocycles. The van der Waals surface area contributed by atoms with Gasteiger partial charge in [-0.15, -0.1) is 0 Å². The summed E-state index contributed by atoms with van der Waals surface area (Å²) in [7, 11) is 0. The third-order valence-electron chi connectivity index (χ3n) is 3.72. The molecule has 1 heterocycles. The van der Waals surface area contributed by atoms with Gasteiger partial charge in [-0.2, -0.15) is 0 Å². The van der Waals surface area contributed by atoms with Gasteiger partial charge in [0.2, 0.25) is 0 Å². The highest BCUT2D eigenvalue weighted by Gasteiger charge is 2.05. The van der Waals surface area contributed by atoms with Gasteiger partial charge in [-0.05, 0) is 30.7 Å². The minimum atomic E-state index is -0.0115. The average Bonchev–Trinajstić information content (AvgIpc) is 2.61. The summed E-state index contributed by atoms with van der Waals surface area (Å²) in [5.74, 6) is 0.769. The first-order valence-electron chi connectivity index (χ1n) is 7.89. The number of rotatable bonds is 7. The van der Waals surface area contributed by atoms with Gasteiger partial charge in [-0.25, -0.2) is 4.98 Å². The second kappa shape index (κ2) is 7.61. The van der Waals surface area contributed by atoms with Crippen LogP contribution in [0, 0.1) is 0 Å². The van der Waals surface area contributed by atoms with Gasteiger partial charge in [0.1, 0.15) is 5.82 Å². The van der Waals surface area contributed by atoms with Crippen molar-refractivity contribution in [3.63, 3.8) is 0 Å². The summed E-state index contributed by atoms with van der Waals surface area (Å²) in [6, 6.07) is 20.1. The maximum absolute atomic E-state index is 9.54. The second-order valence-electron chi connectivity index (χ2n) is 5.42. The molecule has 0 unspecified atom stereocenters. The molecule has 118 valence electrons. The molecule has 0 spiro atoms. The Labute approximate surface area is 136 Å². The van der Waals surface area contributed by atoms with Crippen LogP contribution in [0.25, 0.3) is 10.9 Å². The van der Waals surface area contributed by atoms with Gasteiger partial charge in [0.05, 0.1) is 12.1 Å². The van der Waals surface area contributed by atoms with E-state index >= 15 is 0 Å². The number of nitrogens with one attached hydrogen (secondary N) is 2. The van der Waals surface area contributed by atoms with Crippen LogP contribution in [0.4, 0.5) is 11.5 Å². The van der Waals surface area contributed by atoms with Crippen molar-refractivity contribution in [1.29, 1.82) is 0 Å². The molecule has 0 aliphatic carbocycles. The van der Waals surface area contributed by atoms with Crippen LogP contribution >= 0.6 is 0 Å². The van der Waals surface area contributed by atoms with Crippen molar-refractivity contribution < 1.29 is 5.11 Å². The molecule has 1 aromatic heterocycles. The number of aliphatic hydroxyl groups is 1. The lowest BCUT2D eigenvalue weighted by Gasteiger charge is -2.12. The Morgan fingerprint density at radius 2 is 1.61 bits per heavy atom. The van der Waals surface area contributed by atoms with Crippen LogP contribution in [-0.4, -0.2) is 23.2 Å². The standard InChI is InChI=1S/C19H21N3O/c23-14-16-13-15-7-4-5-10-18(15)22-19(16)21-12-6-11-20-17-8-2-1-3-9-17/h1-5,7-10,13,20,23H,6,11-12,14H2,(H,21,22). The van der Waals surface area contributed by atoms with Crippen LogP contribution < -0.4 is 10.6 Å². The fourth-order valence-electron chi connectivity index (χ4n) is 2.52. The number of nitrogens with zero attached hydrogens (tertiary/aromatic N) is 1. The molecule has 0 atom stereocenters. The van der Waals surface area contributed by atoms with E-state index in [2.05, 4.69) is 27.8 Å². The monoisotopic (exact) mass is 307 g/mol. The molecule has 3 N–H and O–H groups in total. The number of para-hydroxylation sites is 2. The predicted octanol–water partition coefficient (Wildman–Crippen LogP) is 3.64. The van der Waals surface area contributed by atoms with E-state index in [4.69, 9.17) is 0 Å². The first kappa shape index (κ1) is 15.3. The Balaban J connectivity index is 1.56. The molecule has 0 amide bonds. The van der Waals surface area contributed by atoms with Crippen LogP contribution in [0.1, 0.15) is 12.0 Å². The summed E-state index contributed by atoms with van der Waals surface area (Å²) < 4.78 is 0. The molecule has 0 bridgehead atoms. The van der Waals surface area contributed by atoms with Crippen LogP contribution in [0.5, 0.6) is 0 Å². The van der Waals surface area contributed by atoms with E-state index in [-0.39, 0.29) is 6.61 Å². The fraction of sp³-hybridized carbons (Fsp3) is 0.211. The number of anilines is 2. The summed E-state index contributed by atoms with van der Waals surface area (Å²) in [5, 5.41) is 17.3. The largest absolute Gasteiger partial charge is 0.392 e. The van der Waals surface area contributed by atoms with Gasteiger partial charge in [0.15, 0.2) is 0 Å². The van der Waals surface area contributed by atoms with Crippen LogP contribution in [-0.2, 0) is 6.61 Å². The lowest BCUT2D eigenvalue weighted by molar-refractivity contribution is 0.282. The molecular formula is C19H21N3O. The van der Waals surface area contributed by atoms with Crippen molar-refractivity contribution in [1.82, 2.24) is 4.98 Å². The van der Waals surface area contributed by atoms with E-state index in [1.807, 2.05) is 48.5 Å². The van der Waals surface area contributed by atoms with Gasteiger partial charge in [0, 0.05) is 29.7 Å². The SMILES string of the molecule is OCc1cc2ccccc2nc1NCCCNc1ccccc1. The zero-order valence-corrected chi connectivity index (χ0v) is 13.0. The maximum atomic E-state index is 9.54. The average molecular weight is 307 g/mol. The van der Waals surface area contributed by atoms with E-state index in [1.54, 1.807) is 0 Å². The molecule has 3 rings (SSSR count). The zero-order valence-electron chi connectivity index (χ0n) is 13.0. The molecule has 0 aliphatic rings. The molecule has 0 radical (unpaired) electrons. The maximum Gasteiger partial charge on any atom is 0.132 e. The van der Waals surface area contributed by atoms with E-state index in [0.29, 0.717) is 0 Å². The molecule has 3 aromatic rings. The Kier molecular flexibility index (Phi) is 5.06. The first-order chi connectivity index (χ1) is 11.4. The van der Waals surface area contributed by atoms with Gasteiger partial charge < -0.3 is 15.7 Å². The first-order valence-corrected chi connectivity index (χ1v) is 7.89. The number of aromatic nitrogens is 1. The topological polar surface area (TPSA) is 57.2 Å². The normalized spacial score (nSPS) is 10.7. The third kappa shape index (κ3) is 3.99. The zero-order chi connectivity index (χ0) is 15.9. The summed E-state index contributed by atoms with van der Waals surface area (Å²) in [6.07, 6.45) is 0.967. The van der Waals surface area contributed by atoms with E-state index < -0.39 is 0 Å². The minimum Gasteiger partial charge on any atom is -0.392 e. The van der Waals surface area contributed by atoms with Gasteiger partial charge in [-0.3, -0.25) is 0 Å². The molecule has 4 nitrogen and oxygen atoms in total. The molecule has 0 saturated heterocycles. The smallest absolute Gasteiger partial charge is 0.132 e. The molecular weight excluding hydrogens is 286 g/mol. The van der Waals surface area contributed by atoms with E-state index in [1.165, 1.54) is 0 Å². The highest BCUT2D eigenvalue weighted by Crippen LogP contribution is 2.20. The molecule has 23 heavy (non-hydrogen) atoms. The number of fused-ring (bicyclic) bond motifs is 1. The fourth-order valence-corrected chi connectivity index (χ4v) is 2.52. The van der Waals surface area contributed by atoms with Crippen molar-refractivity contribution in [2.24, 2.45) is 0 Å². The molecule has 0 fully saturated rings. The summed E-state index contributed by atoms with van der Waals surface area (Å²) in [5.41, 5.74) is 2.90. The van der Waals surface area contributed by atoms with Gasteiger partial charge in [0.25, 0.3) is 0 Å². The number of hydrogen-bond donors (Lipinski definition) is 3. The Morgan fingerprint density at radius 1 is 0.870 bits per heavy atom. The second-order valence-corrected chi connectivity index (χ2v) is 5.42. The lowest BCUT2D eigenvalue weighted by Crippen LogP contribution is -2.11. The van der Waals surface area contributed by atoms with Crippen molar-refractivity contribution >= 4 is 22.4 Å². The van der Waals surface area contributed by atoms with Crippen molar-refractivity contribution in [3.05, 3.63) is 66.2 Å². The van der Waals surface area contributed by atoms with Crippen LogP contribution in [0.2, 0.25) is 0 Å². The van der Waals surface area contributed by atoms with Gasteiger partial charge >= 0.3 is 0 Å². The molecule has 4 heteroatoms. The Morgan fingerprint density at radius 3 is 2.43 bits per heavy atom. The van der Waals surface area contributed by atoms with Gasteiger partial charge in [-0.1, -0.05) is 36.4 Å². The molecule has 0 aliphatic heterocycles. The quantitative estimate of drug-likeness (QED) is 0.583. The number of benzene rings is 2. The Bertz CT molecular complexity index is 759. The van der Waals surface area contributed by atoms with Crippen molar-refractivity contribution in [2.45, 2.75) is 13.0 Å². The number of aliphatic hydroxyl groups excluding tert-OH is 1. The van der Waals surface area contributed by atoms with Crippen molar-refractivity contribution in [3.8, 4) is 0 Å². The molecule has 0 saturated carbocycles. The van der Waals surface area contributed by atoms with Crippen LogP contribution in [0.15, 0.2) is 60.7 Å². The Hall–Kier alpha value is -2.59. The van der Waals surface area contributed by atoms with Crippen molar-refractivity contribution in [2.75, 3.05) is 23.7 Å².